The molecule has 1 unspecified atom stereocenters. The first-order valence-corrected chi connectivity index (χ1v) is 10.3. The summed E-state index contributed by atoms with van der Waals surface area (Å²) in [6, 6.07) is 6.17. The highest BCUT2D eigenvalue weighted by atomic mass is 19.4. The maximum absolute atomic E-state index is 14.7. The van der Waals surface area contributed by atoms with Crippen molar-refractivity contribution >= 4 is 23.3 Å². The number of rotatable bonds is 4. The van der Waals surface area contributed by atoms with E-state index in [0.29, 0.717) is 26.2 Å². The number of piperazine rings is 1. The Morgan fingerprint density at radius 1 is 1.24 bits per heavy atom. The minimum Gasteiger partial charge on any atom is -0.495 e. The van der Waals surface area contributed by atoms with Crippen LogP contribution in [0.2, 0.25) is 0 Å². The summed E-state index contributed by atoms with van der Waals surface area (Å²) in [5, 5.41) is 12.8. The van der Waals surface area contributed by atoms with E-state index < -0.39 is 36.0 Å². The highest BCUT2D eigenvalue weighted by Crippen LogP contribution is 2.46. The van der Waals surface area contributed by atoms with Crippen LogP contribution in [0.15, 0.2) is 41.4 Å². The molecule has 0 aromatic heterocycles. The average Bonchev–Trinajstić information content (AvgIpc) is 2.78. The molecule has 0 radical (unpaired) electrons. The smallest absolute Gasteiger partial charge is 0.416 e. The van der Waals surface area contributed by atoms with Gasteiger partial charge in [-0.2, -0.15) is 13.2 Å². The van der Waals surface area contributed by atoms with Crippen LogP contribution in [-0.4, -0.2) is 55.2 Å². The van der Waals surface area contributed by atoms with Crippen molar-refractivity contribution in [2.24, 2.45) is 4.99 Å². The third-order valence-corrected chi connectivity index (χ3v) is 5.65. The van der Waals surface area contributed by atoms with Crippen LogP contribution in [0.25, 0.3) is 0 Å². The number of guanidine groups is 1. The average molecular weight is 466 g/mol. The second-order valence-electron chi connectivity index (χ2n) is 7.69. The quantitative estimate of drug-likeness (QED) is 0.668. The summed E-state index contributed by atoms with van der Waals surface area (Å²) < 4.78 is 60.8. The maximum atomic E-state index is 14.7. The number of halogens is 4. The third-order valence-electron chi connectivity index (χ3n) is 5.65. The molecule has 2 aliphatic rings. The van der Waals surface area contributed by atoms with Crippen molar-refractivity contribution in [2.75, 3.05) is 38.2 Å². The zero-order chi connectivity index (χ0) is 23.8. The summed E-state index contributed by atoms with van der Waals surface area (Å²) in [5.41, 5.74) is -0.655. The van der Waals surface area contributed by atoms with Crippen LogP contribution in [0.5, 0.6) is 5.75 Å². The van der Waals surface area contributed by atoms with Gasteiger partial charge in [0.25, 0.3) is 0 Å². The number of nitrogens with one attached hydrogen (secondary N) is 1. The minimum atomic E-state index is -4.63. The standard InChI is InChI=1S/C22H22F4N4O3/c1-33-18-6-5-13(22(24,25)26)11-17(18)30-16(12-19(31)32)14-3-2-4-15(23)20(14)28-21(30)29-9-7-27-8-10-29/h2-6,11,16,27H,7-10,12H2,1H3,(H,31,32). The predicted octanol–water partition coefficient (Wildman–Crippen LogP) is 3.78. The van der Waals surface area contributed by atoms with Gasteiger partial charge in [-0.3, -0.25) is 4.79 Å². The Labute approximate surface area is 187 Å². The van der Waals surface area contributed by atoms with Crippen molar-refractivity contribution in [3.8, 4) is 5.75 Å². The SMILES string of the molecule is COc1ccc(C(F)(F)F)cc1N1C(N2CCNCC2)=Nc2c(F)cccc2C1CC(=O)O. The number of hydrogen-bond acceptors (Lipinski definition) is 6. The number of aliphatic carboxylic acids is 1. The molecule has 0 spiro atoms. The Morgan fingerprint density at radius 3 is 2.61 bits per heavy atom. The number of carboxylic acid groups (broad SMARTS) is 1. The summed E-state index contributed by atoms with van der Waals surface area (Å²) in [4.78, 5) is 19.5. The first kappa shape index (κ1) is 22.8. The highest BCUT2D eigenvalue weighted by Gasteiger charge is 2.39. The van der Waals surface area contributed by atoms with Crippen LogP contribution in [0.4, 0.5) is 28.9 Å². The number of para-hydroxylation sites is 1. The van der Waals surface area contributed by atoms with E-state index in [1.165, 1.54) is 36.3 Å². The molecule has 11 heteroatoms. The Bertz CT molecular complexity index is 1080. The number of nitrogens with zero attached hydrogens (tertiary/aromatic N) is 3. The summed E-state index contributed by atoms with van der Waals surface area (Å²) in [7, 11) is 1.32. The van der Waals surface area contributed by atoms with Gasteiger partial charge in [-0.15, -0.1) is 0 Å². The minimum absolute atomic E-state index is 0.00534. The Morgan fingerprint density at radius 2 is 1.97 bits per heavy atom. The molecule has 1 saturated heterocycles. The fourth-order valence-electron chi connectivity index (χ4n) is 4.14. The predicted molar refractivity (Wildman–Crippen MR) is 113 cm³/mol. The summed E-state index contributed by atoms with van der Waals surface area (Å²) >= 11 is 0. The first-order chi connectivity index (χ1) is 15.7. The van der Waals surface area contributed by atoms with Gasteiger partial charge in [0.2, 0.25) is 5.96 Å². The largest absolute Gasteiger partial charge is 0.495 e. The zero-order valence-corrected chi connectivity index (χ0v) is 17.7. The normalized spacial score (nSPS) is 18.6. The van der Waals surface area contributed by atoms with E-state index in [-0.39, 0.29) is 28.6 Å². The Kier molecular flexibility index (Phi) is 6.15. The molecule has 4 rings (SSSR count). The Balaban J connectivity index is 1.97. The van der Waals surface area contributed by atoms with Gasteiger partial charge in [-0.1, -0.05) is 12.1 Å². The van der Waals surface area contributed by atoms with Gasteiger partial charge in [0.05, 0.1) is 30.8 Å². The van der Waals surface area contributed by atoms with Crippen LogP contribution < -0.4 is 15.0 Å². The van der Waals surface area contributed by atoms with E-state index in [1.54, 1.807) is 4.90 Å². The molecule has 2 aromatic rings. The highest BCUT2D eigenvalue weighted by molar-refractivity contribution is 6.02. The molecule has 1 fully saturated rings. The fourth-order valence-corrected chi connectivity index (χ4v) is 4.14. The molecule has 2 aliphatic heterocycles. The lowest BCUT2D eigenvalue weighted by Gasteiger charge is -2.43. The van der Waals surface area contributed by atoms with Crippen molar-refractivity contribution in [2.45, 2.75) is 18.6 Å². The van der Waals surface area contributed by atoms with E-state index >= 15 is 0 Å². The van der Waals surface area contributed by atoms with Gasteiger partial charge in [0.15, 0.2) is 0 Å². The van der Waals surface area contributed by atoms with E-state index in [4.69, 9.17) is 4.74 Å². The van der Waals surface area contributed by atoms with Crippen LogP contribution in [0.3, 0.4) is 0 Å². The van der Waals surface area contributed by atoms with E-state index in [0.717, 1.165) is 12.1 Å². The van der Waals surface area contributed by atoms with Crippen molar-refractivity contribution in [1.29, 1.82) is 0 Å². The lowest BCUT2D eigenvalue weighted by Crippen LogP contribution is -2.54. The van der Waals surface area contributed by atoms with Crippen LogP contribution >= 0.6 is 0 Å². The molecule has 2 heterocycles. The van der Waals surface area contributed by atoms with Crippen LogP contribution in [0, 0.1) is 5.82 Å². The van der Waals surface area contributed by atoms with E-state index in [1.807, 2.05) is 0 Å². The van der Waals surface area contributed by atoms with Crippen LogP contribution in [0.1, 0.15) is 23.6 Å². The molecule has 7 nitrogen and oxygen atoms in total. The molecule has 2 N–H and O–H groups in total. The fraction of sp³-hybridized carbons (Fsp3) is 0.364. The molecule has 1 atom stereocenters. The summed E-state index contributed by atoms with van der Waals surface area (Å²) in [5.74, 6) is -1.53. The lowest BCUT2D eigenvalue weighted by molar-refractivity contribution is -0.138. The van der Waals surface area contributed by atoms with Gasteiger partial charge < -0.3 is 25.0 Å². The molecule has 0 aliphatic carbocycles. The number of alkyl halides is 3. The number of methoxy groups -OCH3 is 1. The topological polar surface area (TPSA) is 77.4 Å². The monoisotopic (exact) mass is 466 g/mol. The third kappa shape index (κ3) is 4.45. The van der Waals surface area contributed by atoms with Gasteiger partial charge in [0.1, 0.15) is 17.3 Å². The van der Waals surface area contributed by atoms with Crippen molar-refractivity contribution in [3.63, 3.8) is 0 Å². The number of carbonyl (C=O) groups is 1. The van der Waals surface area contributed by atoms with Gasteiger partial charge >= 0.3 is 12.1 Å². The first-order valence-electron chi connectivity index (χ1n) is 10.3. The second-order valence-corrected chi connectivity index (χ2v) is 7.69. The second kappa shape index (κ2) is 8.89. The van der Waals surface area contributed by atoms with Gasteiger partial charge in [-0.05, 0) is 24.3 Å². The van der Waals surface area contributed by atoms with Crippen molar-refractivity contribution in [1.82, 2.24) is 10.2 Å². The molecule has 33 heavy (non-hydrogen) atoms. The number of carboxylic acids is 1. The van der Waals surface area contributed by atoms with Gasteiger partial charge in [0, 0.05) is 31.7 Å². The van der Waals surface area contributed by atoms with Gasteiger partial charge in [-0.25, -0.2) is 9.38 Å². The number of ether oxygens (including phenoxy) is 1. The molecule has 176 valence electrons. The summed E-state index contributed by atoms with van der Waals surface area (Å²) in [6.45, 7) is 2.08. The lowest BCUT2D eigenvalue weighted by atomic mass is 9.96. The number of benzene rings is 2. The van der Waals surface area contributed by atoms with E-state index in [9.17, 15) is 27.5 Å². The summed E-state index contributed by atoms with van der Waals surface area (Å²) in [6.07, 6.45) is -5.11. The number of fused-ring (bicyclic) bond motifs is 1. The molecular formula is C22H22F4N4O3. The molecule has 0 saturated carbocycles. The number of anilines is 1. The number of hydrogen-bond donors (Lipinski definition) is 2. The molecule has 0 bridgehead atoms. The maximum Gasteiger partial charge on any atom is 0.416 e. The van der Waals surface area contributed by atoms with E-state index in [2.05, 4.69) is 10.3 Å². The number of aliphatic imine (C=N–C) groups is 1. The molecule has 2 aromatic carbocycles. The Hall–Kier alpha value is -3.34. The van der Waals surface area contributed by atoms with Crippen molar-refractivity contribution < 1.29 is 32.2 Å². The van der Waals surface area contributed by atoms with Crippen molar-refractivity contribution in [3.05, 3.63) is 53.3 Å². The zero-order valence-electron chi connectivity index (χ0n) is 17.7. The molecular weight excluding hydrogens is 444 g/mol. The molecule has 0 amide bonds. The van der Waals surface area contributed by atoms with Crippen LogP contribution in [-0.2, 0) is 11.0 Å².